The van der Waals surface area contributed by atoms with Gasteiger partial charge in [-0.1, -0.05) is 127 Å². The molecule has 10 rings (SSSR count). The van der Waals surface area contributed by atoms with Crippen molar-refractivity contribution in [2.24, 2.45) is 0 Å². The molecule has 44 heavy (non-hydrogen) atoms. The van der Waals surface area contributed by atoms with Gasteiger partial charge in [0.15, 0.2) is 0 Å². The molecule has 1 aliphatic carbocycles. The molecule has 0 aromatic heterocycles. The normalized spacial score (nSPS) is 12.1. The van der Waals surface area contributed by atoms with E-state index in [9.17, 15) is 0 Å². The smallest absolute Gasteiger partial charge is 0.00259 e. The maximum Gasteiger partial charge on any atom is -0.00259 e. The summed E-state index contributed by atoms with van der Waals surface area (Å²) >= 11 is 0. The Labute approximate surface area is 255 Å². The van der Waals surface area contributed by atoms with Crippen LogP contribution in [0.1, 0.15) is 0 Å². The summed E-state index contributed by atoms with van der Waals surface area (Å²) in [6.07, 6.45) is 0. The second kappa shape index (κ2) is 8.89. The first kappa shape index (κ1) is 23.8. The summed E-state index contributed by atoms with van der Waals surface area (Å²) in [5.74, 6) is 0. The second-order valence-corrected chi connectivity index (χ2v) is 12.1. The van der Waals surface area contributed by atoms with Gasteiger partial charge in [0.2, 0.25) is 0 Å². The van der Waals surface area contributed by atoms with Gasteiger partial charge in [-0.3, -0.25) is 0 Å². The molecular weight excluding hydrogens is 528 g/mol. The van der Waals surface area contributed by atoms with Gasteiger partial charge in [0, 0.05) is 0 Å². The Morgan fingerprint density at radius 2 is 0.705 bits per heavy atom. The van der Waals surface area contributed by atoms with E-state index in [0.29, 0.717) is 0 Å². The Hall–Kier alpha value is -5.72. The number of fused-ring (bicyclic) bond motifs is 10. The molecule has 0 fully saturated rings. The van der Waals surface area contributed by atoms with Crippen LogP contribution in [0.5, 0.6) is 0 Å². The molecule has 0 heteroatoms. The van der Waals surface area contributed by atoms with E-state index in [4.69, 9.17) is 0 Å². The Kier molecular flexibility index (Phi) is 4.81. The van der Waals surface area contributed by atoms with Crippen LogP contribution in [-0.4, -0.2) is 0 Å². The first-order valence-corrected chi connectivity index (χ1v) is 15.3. The van der Waals surface area contributed by atoms with Crippen LogP contribution in [0.2, 0.25) is 0 Å². The summed E-state index contributed by atoms with van der Waals surface area (Å²) in [5.41, 5.74) is 10.4. The lowest BCUT2D eigenvalue weighted by Crippen LogP contribution is -1.86. The summed E-state index contributed by atoms with van der Waals surface area (Å²) in [6.45, 7) is 0. The van der Waals surface area contributed by atoms with Crippen molar-refractivity contribution < 1.29 is 0 Å². The third-order valence-corrected chi connectivity index (χ3v) is 9.74. The van der Waals surface area contributed by atoms with Crippen LogP contribution in [0.3, 0.4) is 0 Å². The first-order chi connectivity index (χ1) is 21.8. The summed E-state index contributed by atoms with van der Waals surface area (Å²) in [4.78, 5) is 0. The molecule has 9 aromatic rings. The van der Waals surface area contributed by atoms with E-state index < -0.39 is 0 Å². The topological polar surface area (TPSA) is 0 Å². The Bertz CT molecular complexity index is 2620. The Balaban J connectivity index is 1.09. The summed E-state index contributed by atoms with van der Waals surface area (Å²) in [5, 5.41) is 13.1. The average molecular weight is 555 g/mol. The fourth-order valence-electron chi connectivity index (χ4n) is 7.68. The van der Waals surface area contributed by atoms with Gasteiger partial charge < -0.3 is 0 Å². The molecule has 0 heterocycles. The van der Waals surface area contributed by atoms with E-state index in [1.54, 1.807) is 0 Å². The van der Waals surface area contributed by atoms with Crippen molar-refractivity contribution in [2.45, 2.75) is 0 Å². The molecular formula is C44H26. The zero-order chi connectivity index (χ0) is 28.8. The highest BCUT2D eigenvalue weighted by atomic mass is 14.2. The van der Waals surface area contributed by atoms with Crippen molar-refractivity contribution in [3.63, 3.8) is 0 Å². The fourth-order valence-corrected chi connectivity index (χ4v) is 7.68. The van der Waals surface area contributed by atoms with Crippen LogP contribution in [-0.2, 0) is 0 Å². The molecule has 0 radical (unpaired) electrons. The lowest BCUT2D eigenvalue weighted by molar-refractivity contribution is 1.66. The highest BCUT2D eigenvalue weighted by molar-refractivity contribution is 6.25. The van der Waals surface area contributed by atoms with E-state index in [0.717, 1.165) is 0 Å². The van der Waals surface area contributed by atoms with Gasteiger partial charge in [0.1, 0.15) is 0 Å². The Morgan fingerprint density at radius 1 is 0.227 bits per heavy atom. The standard InChI is InChI=1S/C44H26/c1-2-11-36-34(9-1)35-10-3-5-13-38(35)42-25-31(20-21-40(36)42)29-17-16-28-23-30(19-18-27(28)22-29)33-24-32-8-7-15-41-37-12-4-6-14-39(37)43(26-33)44(32)41/h1-26H. The van der Waals surface area contributed by atoms with Gasteiger partial charge in [-0.15, -0.1) is 0 Å². The van der Waals surface area contributed by atoms with Gasteiger partial charge in [-0.2, -0.15) is 0 Å². The highest BCUT2D eigenvalue weighted by Gasteiger charge is 2.21. The number of hydrogen-bond acceptors (Lipinski definition) is 0. The minimum absolute atomic E-state index is 1.24. The number of hydrogen-bond donors (Lipinski definition) is 0. The van der Waals surface area contributed by atoms with Crippen molar-refractivity contribution in [1.29, 1.82) is 0 Å². The third kappa shape index (κ3) is 3.34. The van der Waals surface area contributed by atoms with E-state index >= 15 is 0 Å². The zero-order valence-electron chi connectivity index (χ0n) is 24.0. The first-order valence-electron chi connectivity index (χ1n) is 15.3. The predicted octanol–water partition coefficient (Wildman–Crippen LogP) is 12.4. The molecule has 0 saturated carbocycles. The molecule has 1 aliphatic rings. The van der Waals surface area contributed by atoms with Crippen LogP contribution < -0.4 is 0 Å². The Morgan fingerprint density at radius 3 is 1.39 bits per heavy atom. The third-order valence-electron chi connectivity index (χ3n) is 9.74. The molecule has 9 aromatic carbocycles. The molecule has 0 nitrogen and oxygen atoms in total. The molecule has 0 amide bonds. The molecule has 0 saturated heterocycles. The lowest BCUT2D eigenvalue weighted by Gasteiger charge is -2.13. The molecule has 202 valence electrons. The van der Waals surface area contributed by atoms with Crippen LogP contribution >= 0.6 is 0 Å². The predicted molar refractivity (Wildman–Crippen MR) is 189 cm³/mol. The van der Waals surface area contributed by atoms with Crippen molar-refractivity contribution in [2.75, 3.05) is 0 Å². The number of benzene rings is 9. The quantitative estimate of drug-likeness (QED) is 0.186. The van der Waals surface area contributed by atoms with Gasteiger partial charge in [-0.05, 0) is 129 Å². The summed E-state index contributed by atoms with van der Waals surface area (Å²) in [7, 11) is 0. The van der Waals surface area contributed by atoms with Crippen molar-refractivity contribution in [3.05, 3.63) is 158 Å². The molecule has 0 unspecified atom stereocenters. The van der Waals surface area contributed by atoms with E-state index in [-0.39, 0.29) is 0 Å². The molecule has 0 aliphatic heterocycles. The number of rotatable bonds is 2. The van der Waals surface area contributed by atoms with Crippen LogP contribution in [0.15, 0.2) is 158 Å². The SMILES string of the molecule is c1ccc2c(c1)-c1cccc3cc(-c4ccc5cc(-c6ccc7c8ccccc8c8ccccc8c7c6)ccc5c4)cc-2c13. The molecule has 0 spiro atoms. The summed E-state index contributed by atoms with van der Waals surface area (Å²) in [6, 6.07) is 58.6. The van der Waals surface area contributed by atoms with Gasteiger partial charge in [0.25, 0.3) is 0 Å². The molecule has 0 N–H and O–H groups in total. The van der Waals surface area contributed by atoms with E-state index in [1.165, 1.54) is 98.4 Å². The van der Waals surface area contributed by atoms with Crippen LogP contribution in [0, 0.1) is 0 Å². The van der Waals surface area contributed by atoms with Crippen molar-refractivity contribution in [3.8, 4) is 44.5 Å². The minimum Gasteiger partial charge on any atom is -0.0616 e. The maximum atomic E-state index is 2.39. The second-order valence-electron chi connectivity index (χ2n) is 12.1. The van der Waals surface area contributed by atoms with Gasteiger partial charge in [-0.25, -0.2) is 0 Å². The van der Waals surface area contributed by atoms with E-state index in [2.05, 4.69) is 158 Å². The van der Waals surface area contributed by atoms with E-state index in [1.807, 2.05) is 0 Å². The van der Waals surface area contributed by atoms with Gasteiger partial charge in [0.05, 0.1) is 0 Å². The fraction of sp³-hybridized carbons (Fsp3) is 0. The van der Waals surface area contributed by atoms with Crippen LogP contribution in [0.4, 0.5) is 0 Å². The average Bonchev–Trinajstić information content (AvgIpc) is 3.42. The largest absolute Gasteiger partial charge is 0.0616 e. The zero-order valence-corrected chi connectivity index (χ0v) is 24.0. The molecule has 0 bridgehead atoms. The maximum absolute atomic E-state index is 2.39. The summed E-state index contributed by atoms with van der Waals surface area (Å²) < 4.78 is 0. The van der Waals surface area contributed by atoms with Gasteiger partial charge >= 0.3 is 0 Å². The van der Waals surface area contributed by atoms with Crippen LogP contribution in [0.25, 0.3) is 98.4 Å². The molecule has 0 atom stereocenters. The minimum atomic E-state index is 1.24. The lowest BCUT2D eigenvalue weighted by atomic mass is 9.91. The van der Waals surface area contributed by atoms with Crippen molar-refractivity contribution in [1.82, 2.24) is 0 Å². The monoisotopic (exact) mass is 554 g/mol. The highest BCUT2D eigenvalue weighted by Crippen LogP contribution is 2.48. The van der Waals surface area contributed by atoms with Crippen molar-refractivity contribution >= 4 is 53.9 Å².